The Labute approximate surface area is 103 Å². The predicted octanol–water partition coefficient (Wildman–Crippen LogP) is 3.55. The summed E-state index contributed by atoms with van der Waals surface area (Å²) in [4.78, 5) is 11.2. The van der Waals surface area contributed by atoms with Crippen LogP contribution in [0.5, 0.6) is 0 Å². The molecule has 0 aliphatic heterocycles. The zero-order valence-corrected chi connectivity index (χ0v) is 10.1. The summed E-state index contributed by atoms with van der Waals surface area (Å²) < 4.78 is 0. The summed E-state index contributed by atoms with van der Waals surface area (Å²) in [5.74, 6) is -0.439. The molecule has 82 valence electrons. The number of carbonyl (C=O) groups is 1. The molecular weight excluding hydrogens is 245 g/mol. The third kappa shape index (κ3) is 1.86. The highest BCUT2D eigenvalue weighted by molar-refractivity contribution is 6.42. The first-order chi connectivity index (χ1) is 7.49. The molecule has 0 unspecified atom stereocenters. The van der Waals surface area contributed by atoms with E-state index in [0.717, 1.165) is 16.3 Å². The first-order valence-corrected chi connectivity index (χ1v) is 5.44. The molecule has 0 fully saturated rings. The van der Waals surface area contributed by atoms with Crippen LogP contribution >= 0.6 is 23.2 Å². The molecule has 0 aliphatic rings. The predicted molar refractivity (Wildman–Crippen MR) is 67.2 cm³/mol. The lowest BCUT2D eigenvalue weighted by atomic mass is 10.0. The summed E-state index contributed by atoms with van der Waals surface area (Å²) >= 11 is 11.8. The number of amides is 1. The number of primary amides is 1. The molecule has 2 rings (SSSR count). The van der Waals surface area contributed by atoms with Gasteiger partial charge in [0.05, 0.1) is 10.0 Å². The van der Waals surface area contributed by atoms with E-state index in [-0.39, 0.29) is 0 Å². The van der Waals surface area contributed by atoms with E-state index in [0.29, 0.717) is 15.6 Å². The second kappa shape index (κ2) is 3.96. The normalized spacial score (nSPS) is 10.7. The van der Waals surface area contributed by atoms with Crippen LogP contribution in [0.25, 0.3) is 10.8 Å². The first-order valence-electron chi connectivity index (χ1n) is 4.68. The summed E-state index contributed by atoms with van der Waals surface area (Å²) in [5, 5.41) is 2.76. The second-order valence-electron chi connectivity index (χ2n) is 3.64. The second-order valence-corrected chi connectivity index (χ2v) is 4.46. The fraction of sp³-hybridized carbons (Fsp3) is 0.0833. The Morgan fingerprint density at radius 1 is 1.06 bits per heavy atom. The van der Waals surface area contributed by atoms with Crippen LogP contribution in [-0.2, 0) is 0 Å². The third-order valence-electron chi connectivity index (χ3n) is 2.49. The van der Waals surface area contributed by atoms with Crippen molar-refractivity contribution in [3.63, 3.8) is 0 Å². The Kier molecular flexibility index (Phi) is 2.78. The largest absolute Gasteiger partial charge is 0.366 e. The van der Waals surface area contributed by atoms with E-state index in [2.05, 4.69) is 0 Å². The van der Waals surface area contributed by atoms with Gasteiger partial charge in [0.25, 0.3) is 0 Å². The van der Waals surface area contributed by atoms with Gasteiger partial charge >= 0.3 is 0 Å². The van der Waals surface area contributed by atoms with Crippen LogP contribution in [0.4, 0.5) is 0 Å². The summed E-state index contributed by atoms with van der Waals surface area (Å²) in [6, 6.07) is 7.11. The number of benzene rings is 2. The van der Waals surface area contributed by atoms with Crippen LogP contribution in [0, 0.1) is 6.92 Å². The summed E-state index contributed by atoms with van der Waals surface area (Å²) in [6.45, 7) is 1.84. The minimum atomic E-state index is -0.439. The van der Waals surface area contributed by atoms with Crippen LogP contribution in [0.3, 0.4) is 0 Å². The lowest BCUT2D eigenvalue weighted by Gasteiger charge is -2.06. The number of carbonyl (C=O) groups excluding carboxylic acids is 1. The highest BCUT2D eigenvalue weighted by atomic mass is 35.5. The van der Waals surface area contributed by atoms with Crippen molar-refractivity contribution in [2.45, 2.75) is 6.92 Å². The van der Waals surface area contributed by atoms with Gasteiger partial charge in [0.2, 0.25) is 5.91 Å². The van der Waals surface area contributed by atoms with Crippen molar-refractivity contribution in [1.29, 1.82) is 0 Å². The number of aryl methyl sites for hydroxylation is 1. The van der Waals surface area contributed by atoms with E-state index in [9.17, 15) is 4.79 Å². The van der Waals surface area contributed by atoms with Crippen LogP contribution < -0.4 is 5.73 Å². The van der Waals surface area contributed by atoms with E-state index in [1.165, 1.54) is 0 Å². The van der Waals surface area contributed by atoms with Crippen molar-refractivity contribution in [3.8, 4) is 0 Å². The molecule has 0 heterocycles. The molecule has 16 heavy (non-hydrogen) atoms. The zero-order valence-electron chi connectivity index (χ0n) is 8.55. The van der Waals surface area contributed by atoms with Gasteiger partial charge in [-0.2, -0.15) is 0 Å². The Balaban J connectivity index is 2.79. The van der Waals surface area contributed by atoms with Gasteiger partial charge in [-0.05, 0) is 41.5 Å². The van der Waals surface area contributed by atoms with Crippen LogP contribution in [-0.4, -0.2) is 5.91 Å². The van der Waals surface area contributed by atoms with Crippen molar-refractivity contribution >= 4 is 39.9 Å². The first kappa shape index (κ1) is 11.2. The number of hydrogen-bond acceptors (Lipinski definition) is 1. The lowest BCUT2D eigenvalue weighted by molar-refractivity contribution is 0.1000. The summed E-state index contributed by atoms with van der Waals surface area (Å²) in [6.07, 6.45) is 0. The van der Waals surface area contributed by atoms with Gasteiger partial charge in [-0.3, -0.25) is 4.79 Å². The molecule has 0 spiro atoms. The minimum absolute atomic E-state index is 0.439. The topological polar surface area (TPSA) is 43.1 Å². The molecule has 2 aromatic carbocycles. The van der Waals surface area contributed by atoms with Crippen molar-refractivity contribution in [1.82, 2.24) is 0 Å². The summed E-state index contributed by atoms with van der Waals surface area (Å²) in [7, 11) is 0. The number of rotatable bonds is 1. The van der Waals surface area contributed by atoms with Gasteiger partial charge in [-0.15, -0.1) is 0 Å². The van der Waals surface area contributed by atoms with E-state index in [1.807, 2.05) is 13.0 Å². The third-order valence-corrected chi connectivity index (χ3v) is 3.21. The molecule has 0 saturated carbocycles. The minimum Gasteiger partial charge on any atom is -0.366 e. The zero-order chi connectivity index (χ0) is 11.9. The molecule has 2 nitrogen and oxygen atoms in total. The molecule has 2 aromatic rings. The molecule has 0 radical (unpaired) electrons. The molecule has 0 saturated heterocycles. The maximum Gasteiger partial charge on any atom is 0.248 e. The Morgan fingerprint density at radius 3 is 2.06 bits per heavy atom. The number of hydrogen-bond donors (Lipinski definition) is 1. The Bertz CT molecular complexity index is 593. The quantitative estimate of drug-likeness (QED) is 0.830. The molecule has 1 amide bonds. The standard InChI is InChI=1S/C12H9Cl2NO/c1-6-2-7-4-10(13)11(14)5-8(7)3-9(6)12(15)16/h2-5H,1H3,(H2,15,16). The van der Waals surface area contributed by atoms with Gasteiger partial charge < -0.3 is 5.73 Å². The molecule has 0 bridgehead atoms. The number of fused-ring (bicyclic) bond motifs is 1. The maximum absolute atomic E-state index is 11.2. The average molecular weight is 254 g/mol. The highest BCUT2D eigenvalue weighted by Gasteiger charge is 2.08. The number of halogens is 2. The molecule has 0 atom stereocenters. The van der Waals surface area contributed by atoms with Gasteiger partial charge in [-0.25, -0.2) is 0 Å². The van der Waals surface area contributed by atoms with E-state index in [4.69, 9.17) is 28.9 Å². The molecular formula is C12H9Cl2NO. The van der Waals surface area contributed by atoms with Crippen LogP contribution in [0.2, 0.25) is 10.0 Å². The van der Waals surface area contributed by atoms with E-state index >= 15 is 0 Å². The van der Waals surface area contributed by atoms with Crippen LogP contribution in [0.1, 0.15) is 15.9 Å². The maximum atomic E-state index is 11.2. The van der Waals surface area contributed by atoms with Gasteiger partial charge in [0.1, 0.15) is 0 Å². The fourth-order valence-electron chi connectivity index (χ4n) is 1.67. The highest BCUT2D eigenvalue weighted by Crippen LogP contribution is 2.29. The lowest BCUT2D eigenvalue weighted by Crippen LogP contribution is -2.12. The SMILES string of the molecule is Cc1cc2cc(Cl)c(Cl)cc2cc1C(N)=O. The van der Waals surface area contributed by atoms with E-state index < -0.39 is 5.91 Å². The van der Waals surface area contributed by atoms with Gasteiger partial charge in [0.15, 0.2) is 0 Å². The molecule has 0 aliphatic carbocycles. The Hall–Kier alpha value is -1.25. The van der Waals surface area contributed by atoms with Crippen LogP contribution in [0.15, 0.2) is 24.3 Å². The number of nitrogens with two attached hydrogens (primary N) is 1. The summed E-state index contributed by atoms with van der Waals surface area (Å²) in [5.41, 5.74) is 6.61. The van der Waals surface area contributed by atoms with Crippen molar-refractivity contribution in [3.05, 3.63) is 45.4 Å². The molecule has 4 heteroatoms. The van der Waals surface area contributed by atoms with Gasteiger partial charge in [-0.1, -0.05) is 29.3 Å². The van der Waals surface area contributed by atoms with Crippen molar-refractivity contribution in [2.75, 3.05) is 0 Å². The smallest absolute Gasteiger partial charge is 0.248 e. The molecule has 0 aromatic heterocycles. The average Bonchev–Trinajstić information content (AvgIpc) is 2.19. The van der Waals surface area contributed by atoms with E-state index in [1.54, 1.807) is 18.2 Å². The van der Waals surface area contributed by atoms with Crippen molar-refractivity contribution in [2.24, 2.45) is 5.73 Å². The molecule has 2 N–H and O–H groups in total. The fourth-order valence-corrected chi connectivity index (χ4v) is 2.02. The van der Waals surface area contributed by atoms with Gasteiger partial charge in [0, 0.05) is 5.56 Å². The Morgan fingerprint density at radius 2 is 1.56 bits per heavy atom. The van der Waals surface area contributed by atoms with Crippen molar-refractivity contribution < 1.29 is 4.79 Å². The monoisotopic (exact) mass is 253 g/mol.